The molecular formula is C32H37FN4O5S2. The van der Waals surface area contributed by atoms with Gasteiger partial charge in [0.1, 0.15) is 17.1 Å². The first-order valence-corrected chi connectivity index (χ1v) is 16.6. The quantitative estimate of drug-likeness (QED) is 0.203. The number of carbonyl (C=O) groups is 1. The molecule has 1 unspecified atom stereocenters. The Bertz CT molecular complexity index is 1690. The number of piperidine rings is 1. The Morgan fingerprint density at radius 3 is 2.70 bits per heavy atom. The number of morpholine rings is 1. The highest BCUT2D eigenvalue weighted by atomic mass is 32.1. The topological polar surface area (TPSA) is 118 Å². The third-order valence-corrected chi connectivity index (χ3v) is 10.5. The van der Waals surface area contributed by atoms with Gasteiger partial charge in [-0.2, -0.15) is 0 Å². The van der Waals surface area contributed by atoms with Gasteiger partial charge in [0.25, 0.3) is 5.91 Å². The smallest absolute Gasteiger partial charge is 0.305 e. The number of aryl methyl sites for hydroxylation is 1. The number of aromatic nitrogens is 1. The van der Waals surface area contributed by atoms with E-state index < -0.39 is 6.10 Å². The second-order valence-corrected chi connectivity index (χ2v) is 14.0. The van der Waals surface area contributed by atoms with Crippen molar-refractivity contribution in [3.05, 3.63) is 84.4 Å². The lowest BCUT2D eigenvalue weighted by molar-refractivity contribution is -0.127. The van der Waals surface area contributed by atoms with E-state index in [0.29, 0.717) is 55.0 Å². The minimum Gasteiger partial charge on any atom is -0.506 e. The molecule has 1 spiro atoms. The molecule has 2 fully saturated rings. The number of aliphatic hydroxyl groups excluding tert-OH is 1. The summed E-state index contributed by atoms with van der Waals surface area (Å²) in [5.41, 5.74) is 2.37. The Morgan fingerprint density at radius 2 is 1.93 bits per heavy atom. The Labute approximate surface area is 262 Å². The summed E-state index contributed by atoms with van der Waals surface area (Å²) in [6.45, 7) is 6.81. The number of hydrogen-bond donors (Lipinski definition) is 4. The fourth-order valence-electron chi connectivity index (χ4n) is 6.24. The number of aliphatic hydroxyl groups is 1. The largest absolute Gasteiger partial charge is 0.506 e. The number of nitrogens with one attached hydrogen (secondary N) is 2. The number of carbonyl (C=O) groups excluding carboxylic acids is 1. The monoisotopic (exact) mass is 640 g/mol. The molecule has 0 aliphatic carbocycles. The second-order valence-electron chi connectivity index (χ2n) is 11.8. The van der Waals surface area contributed by atoms with E-state index in [4.69, 9.17) is 4.74 Å². The van der Waals surface area contributed by atoms with Gasteiger partial charge in [0.15, 0.2) is 0 Å². The van der Waals surface area contributed by atoms with Gasteiger partial charge < -0.3 is 30.2 Å². The van der Waals surface area contributed by atoms with E-state index in [1.54, 1.807) is 18.2 Å². The summed E-state index contributed by atoms with van der Waals surface area (Å²) in [6, 6.07) is 12.1. The molecule has 2 aliphatic heterocycles. The molecule has 2 aromatic carbocycles. The molecule has 2 aliphatic rings. The number of likely N-dealkylation sites (tertiary alicyclic amines) is 1. The highest BCUT2D eigenvalue weighted by Gasteiger charge is 2.41. The van der Waals surface area contributed by atoms with E-state index >= 15 is 0 Å². The van der Waals surface area contributed by atoms with Crippen LogP contribution >= 0.6 is 22.7 Å². The van der Waals surface area contributed by atoms with Crippen LogP contribution in [0.5, 0.6) is 5.75 Å². The van der Waals surface area contributed by atoms with Crippen molar-refractivity contribution in [3.63, 3.8) is 0 Å². The number of halogens is 1. The molecule has 4 aromatic rings. The fraction of sp³-hybridized carbons (Fsp3) is 0.438. The van der Waals surface area contributed by atoms with Crippen LogP contribution in [0.2, 0.25) is 0 Å². The van der Waals surface area contributed by atoms with Crippen molar-refractivity contribution in [2.24, 2.45) is 0 Å². The van der Waals surface area contributed by atoms with Gasteiger partial charge in [-0.1, -0.05) is 23.5 Å². The number of ether oxygens (including phenoxy) is 1. The van der Waals surface area contributed by atoms with Crippen LogP contribution in [0.4, 0.5) is 4.39 Å². The van der Waals surface area contributed by atoms with Crippen LogP contribution in [-0.2, 0) is 17.7 Å². The zero-order chi connectivity index (χ0) is 30.8. The minimum absolute atomic E-state index is 0.0291. The molecule has 6 rings (SSSR count). The number of fused-ring (bicyclic) bond motifs is 1. The lowest BCUT2D eigenvalue weighted by Gasteiger charge is -2.47. The number of nitrogens with zero attached hydrogens (tertiary/aromatic N) is 2. The Balaban J connectivity index is 0.992. The van der Waals surface area contributed by atoms with Gasteiger partial charge in [0, 0.05) is 43.2 Å². The van der Waals surface area contributed by atoms with Gasteiger partial charge >= 0.3 is 4.87 Å². The molecule has 9 nitrogen and oxygen atoms in total. The second kappa shape index (κ2) is 13.1. The highest BCUT2D eigenvalue weighted by Crippen LogP contribution is 2.33. The van der Waals surface area contributed by atoms with Crippen LogP contribution in [0.15, 0.2) is 47.3 Å². The molecule has 1 amide bonds. The lowest BCUT2D eigenvalue weighted by Crippen LogP contribution is -2.57. The van der Waals surface area contributed by atoms with Crippen molar-refractivity contribution in [3.8, 4) is 5.75 Å². The van der Waals surface area contributed by atoms with Crippen LogP contribution in [0.25, 0.3) is 10.2 Å². The van der Waals surface area contributed by atoms with Gasteiger partial charge in [0.2, 0.25) is 0 Å². The molecule has 1 atom stereocenters. The van der Waals surface area contributed by atoms with Crippen LogP contribution in [0, 0.1) is 12.7 Å². The Hall–Kier alpha value is -3.13. The molecule has 2 saturated heterocycles. The number of aromatic amines is 1. The zero-order valence-corrected chi connectivity index (χ0v) is 26.2. The standard InChI is InChI=1S/C32H37FN4O5S2/c1-20-2-5-27(43-20)30(40)37-12-13-42-32(19-37)7-10-36(11-8-32)18-22-14-21(15-23(33)16-22)6-9-34-17-26(39)24-3-4-25(38)28-29(24)44-31(41)35-28/h2-5,14-16,26,34,38-39H,6-13,17-19H2,1H3,(H,35,41). The molecule has 0 radical (unpaired) electrons. The Kier molecular flexibility index (Phi) is 9.18. The molecule has 0 bridgehead atoms. The summed E-state index contributed by atoms with van der Waals surface area (Å²) in [7, 11) is 0. The molecule has 12 heteroatoms. The van der Waals surface area contributed by atoms with Crippen LogP contribution in [0.3, 0.4) is 0 Å². The van der Waals surface area contributed by atoms with Crippen LogP contribution < -0.4 is 10.2 Å². The van der Waals surface area contributed by atoms with E-state index in [0.717, 1.165) is 58.1 Å². The number of hydrogen-bond acceptors (Lipinski definition) is 9. The molecule has 234 valence electrons. The summed E-state index contributed by atoms with van der Waals surface area (Å²) in [6.07, 6.45) is 1.36. The first-order chi connectivity index (χ1) is 21.2. The molecular weight excluding hydrogens is 604 g/mol. The maximum absolute atomic E-state index is 14.6. The van der Waals surface area contributed by atoms with E-state index in [9.17, 15) is 24.2 Å². The molecule has 0 saturated carbocycles. The predicted molar refractivity (Wildman–Crippen MR) is 170 cm³/mol. The first kappa shape index (κ1) is 30.9. The highest BCUT2D eigenvalue weighted by molar-refractivity contribution is 7.16. The Morgan fingerprint density at radius 1 is 1.14 bits per heavy atom. The number of rotatable bonds is 9. The SMILES string of the molecule is Cc1ccc(C(=O)N2CCOC3(CCN(Cc4cc(F)cc(CCNCC(O)c5ccc(O)c6[nH]c(=O)sc56)c4)CC3)C2)s1. The third kappa shape index (κ3) is 6.90. The van der Waals surface area contributed by atoms with Crippen molar-refractivity contribution in [1.29, 1.82) is 0 Å². The van der Waals surface area contributed by atoms with Crippen LogP contribution in [0.1, 0.15) is 50.2 Å². The molecule has 2 aromatic heterocycles. The van der Waals surface area contributed by atoms with Gasteiger partial charge in [-0.05, 0) is 74.2 Å². The van der Waals surface area contributed by atoms with Gasteiger partial charge in [-0.3, -0.25) is 14.5 Å². The molecule has 4 heterocycles. The van der Waals surface area contributed by atoms with Crippen LogP contribution in [-0.4, -0.2) is 82.4 Å². The number of benzene rings is 2. The predicted octanol–water partition coefficient (Wildman–Crippen LogP) is 4.18. The van der Waals surface area contributed by atoms with Gasteiger partial charge in [-0.25, -0.2) is 4.39 Å². The van der Waals surface area contributed by atoms with Crippen molar-refractivity contribution >= 4 is 38.8 Å². The fourth-order valence-corrected chi connectivity index (χ4v) is 7.99. The van der Waals surface area contributed by atoms with Gasteiger partial charge in [0.05, 0.1) is 34.4 Å². The van der Waals surface area contributed by atoms with E-state index in [-0.39, 0.29) is 34.5 Å². The first-order valence-electron chi connectivity index (χ1n) is 14.9. The van der Waals surface area contributed by atoms with Crippen molar-refractivity contribution in [2.45, 2.75) is 44.4 Å². The summed E-state index contributed by atoms with van der Waals surface area (Å²) in [5, 5.41) is 23.9. The summed E-state index contributed by atoms with van der Waals surface area (Å²) in [5.74, 6) is -0.215. The number of phenolic OH excluding ortho intramolecular Hbond substituents is 1. The van der Waals surface area contributed by atoms with E-state index in [1.807, 2.05) is 30.0 Å². The van der Waals surface area contributed by atoms with Crippen molar-refractivity contribution < 1.29 is 24.1 Å². The van der Waals surface area contributed by atoms with Gasteiger partial charge in [-0.15, -0.1) is 11.3 Å². The number of aromatic hydroxyl groups is 1. The zero-order valence-electron chi connectivity index (χ0n) is 24.6. The summed E-state index contributed by atoms with van der Waals surface area (Å²) < 4.78 is 21.4. The number of H-pyrrole nitrogens is 1. The lowest BCUT2D eigenvalue weighted by atomic mass is 9.89. The number of amides is 1. The average molecular weight is 641 g/mol. The minimum atomic E-state index is -0.867. The maximum Gasteiger partial charge on any atom is 0.305 e. The number of thiophene rings is 1. The summed E-state index contributed by atoms with van der Waals surface area (Å²) >= 11 is 2.49. The maximum atomic E-state index is 14.6. The normalized spacial score (nSPS) is 17.8. The van der Waals surface area contributed by atoms with Crippen molar-refractivity contribution in [1.82, 2.24) is 20.1 Å². The third-order valence-electron chi connectivity index (χ3n) is 8.55. The average Bonchev–Trinajstić information content (AvgIpc) is 3.62. The van der Waals surface area contributed by atoms with Crippen molar-refractivity contribution in [2.75, 3.05) is 45.9 Å². The molecule has 44 heavy (non-hydrogen) atoms. The van der Waals surface area contributed by atoms with E-state index in [1.165, 1.54) is 17.4 Å². The molecule has 4 N–H and O–H groups in total. The number of thiazole rings is 1. The van der Waals surface area contributed by atoms with E-state index in [2.05, 4.69) is 15.2 Å². The number of phenols is 1. The summed E-state index contributed by atoms with van der Waals surface area (Å²) in [4.78, 5) is 33.3.